The lowest BCUT2D eigenvalue weighted by Gasteiger charge is -2.41. The Labute approximate surface area is 90.5 Å². The quantitative estimate of drug-likeness (QED) is 0.681. The third-order valence-electron chi connectivity index (χ3n) is 3.75. The van der Waals surface area contributed by atoms with Crippen molar-refractivity contribution in [1.29, 1.82) is 5.41 Å². The number of urea groups is 1. The minimum absolute atomic E-state index is 0.0865. The van der Waals surface area contributed by atoms with Crippen LogP contribution in [-0.4, -0.2) is 28.9 Å². The molecular weight excluding hydrogens is 190 g/mol. The third kappa shape index (κ3) is 1.43. The second kappa shape index (κ2) is 3.51. The van der Waals surface area contributed by atoms with Crippen LogP contribution in [0.25, 0.3) is 0 Å². The van der Waals surface area contributed by atoms with Gasteiger partial charge in [0.2, 0.25) is 0 Å². The third-order valence-corrected chi connectivity index (χ3v) is 3.75. The summed E-state index contributed by atoms with van der Waals surface area (Å²) in [7, 11) is 0. The Morgan fingerprint density at radius 3 is 3.00 bits per heavy atom. The minimum atomic E-state index is -0.302. The van der Waals surface area contributed by atoms with E-state index in [1.54, 1.807) is 0 Å². The second-order valence-electron chi connectivity index (χ2n) is 4.78. The number of nitrogens with one attached hydrogen (secondary N) is 2. The largest absolute Gasteiger partial charge is 0.323 e. The fourth-order valence-corrected chi connectivity index (χ4v) is 3.06. The predicted octanol–water partition coefficient (Wildman–Crippen LogP) is 1.96. The predicted molar refractivity (Wildman–Crippen MR) is 59.0 cm³/mol. The summed E-state index contributed by atoms with van der Waals surface area (Å²) in [5, 5.41) is 10.6. The van der Waals surface area contributed by atoms with Gasteiger partial charge in [0.05, 0.1) is 0 Å². The van der Waals surface area contributed by atoms with Crippen molar-refractivity contribution in [2.75, 3.05) is 6.54 Å². The van der Waals surface area contributed by atoms with E-state index in [0.29, 0.717) is 18.3 Å². The van der Waals surface area contributed by atoms with Crippen LogP contribution in [0.3, 0.4) is 0 Å². The lowest BCUT2D eigenvalue weighted by Crippen LogP contribution is -2.52. The smallest absolute Gasteiger partial charge is 0.312 e. The number of amidine groups is 1. The van der Waals surface area contributed by atoms with Crippen LogP contribution in [0.5, 0.6) is 0 Å². The lowest BCUT2D eigenvalue weighted by atomic mass is 9.75. The first-order valence-corrected chi connectivity index (χ1v) is 5.78. The molecule has 0 radical (unpaired) electrons. The first-order valence-electron chi connectivity index (χ1n) is 5.78. The van der Waals surface area contributed by atoms with Crippen LogP contribution in [0.1, 0.15) is 39.5 Å². The Morgan fingerprint density at radius 1 is 1.67 bits per heavy atom. The van der Waals surface area contributed by atoms with Crippen molar-refractivity contribution in [2.24, 2.45) is 5.92 Å². The highest BCUT2D eigenvalue weighted by Gasteiger charge is 2.50. The Bertz CT molecular complexity index is 302. The van der Waals surface area contributed by atoms with Crippen molar-refractivity contribution in [2.45, 2.75) is 45.1 Å². The van der Waals surface area contributed by atoms with Crippen LogP contribution in [-0.2, 0) is 0 Å². The van der Waals surface area contributed by atoms with Gasteiger partial charge in [0.25, 0.3) is 0 Å². The Hall–Kier alpha value is -1.06. The summed E-state index contributed by atoms with van der Waals surface area (Å²) in [4.78, 5) is 13.5. The highest BCUT2D eigenvalue weighted by molar-refractivity contribution is 6.08. The SMILES string of the molecule is CCN1C(=O)NC(=N)C12CCCC(C)C2. The van der Waals surface area contributed by atoms with Gasteiger partial charge in [0, 0.05) is 6.54 Å². The molecule has 1 aliphatic heterocycles. The van der Waals surface area contributed by atoms with E-state index in [1.165, 1.54) is 6.42 Å². The molecule has 1 heterocycles. The van der Waals surface area contributed by atoms with Gasteiger partial charge in [-0.15, -0.1) is 0 Å². The Kier molecular flexibility index (Phi) is 2.44. The van der Waals surface area contributed by atoms with Crippen molar-refractivity contribution in [3.8, 4) is 0 Å². The highest BCUT2D eigenvalue weighted by Crippen LogP contribution is 2.39. The zero-order valence-electron chi connectivity index (χ0n) is 9.47. The Balaban J connectivity index is 2.30. The van der Waals surface area contributed by atoms with E-state index >= 15 is 0 Å². The Morgan fingerprint density at radius 2 is 2.40 bits per heavy atom. The molecule has 15 heavy (non-hydrogen) atoms. The summed E-state index contributed by atoms with van der Waals surface area (Å²) in [6.07, 6.45) is 4.23. The fourth-order valence-electron chi connectivity index (χ4n) is 3.06. The molecule has 84 valence electrons. The van der Waals surface area contributed by atoms with Gasteiger partial charge in [-0.25, -0.2) is 4.79 Å². The van der Waals surface area contributed by atoms with Crippen LogP contribution in [0.4, 0.5) is 4.79 Å². The zero-order valence-corrected chi connectivity index (χ0v) is 9.47. The molecule has 0 aromatic carbocycles. The molecule has 4 nitrogen and oxygen atoms in total. The molecule has 2 fully saturated rings. The maximum atomic E-state index is 11.7. The van der Waals surface area contributed by atoms with Gasteiger partial charge < -0.3 is 4.90 Å². The van der Waals surface area contributed by atoms with Crippen molar-refractivity contribution in [1.82, 2.24) is 10.2 Å². The van der Waals surface area contributed by atoms with Gasteiger partial charge in [-0.1, -0.05) is 19.8 Å². The van der Waals surface area contributed by atoms with E-state index < -0.39 is 0 Å². The van der Waals surface area contributed by atoms with Gasteiger partial charge >= 0.3 is 6.03 Å². The van der Waals surface area contributed by atoms with Gasteiger partial charge in [-0.2, -0.15) is 0 Å². The number of amides is 2. The first kappa shape index (κ1) is 10.5. The number of carbonyl (C=O) groups excluding carboxylic acids is 1. The van der Waals surface area contributed by atoms with Crippen molar-refractivity contribution >= 4 is 11.9 Å². The number of carbonyl (C=O) groups is 1. The van der Waals surface area contributed by atoms with E-state index in [9.17, 15) is 4.79 Å². The van der Waals surface area contributed by atoms with Crippen LogP contribution in [0, 0.1) is 11.3 Å². The highest BCUT2D eigenvalue weighted by atomic mass is 16.2. The maximum absolute atomic E-state index is 11.7. The number of hydrogen-bond donors (Lipinski definition) is 2. The maximum Gasteiger partial charge on any atom is 0.323 e. The molecule has 1 saturated carbocycles. The van der Waals surface area contributed by atoms with Crippen molar-refractivity contribution in [3.05, 3.63) is 0 Å². The summed E-state index contributed by atoms with van der Waals surface area (Å²) in [6.45, 7) is 4.89. The lowest BCUT2D eigenvalue weighted by molar-refractivity contribution is 0.132. The summed E-state index contributed by atoms with van der Waals surface area (Å²) < 4.78 is 0. The average molecular weight is 209 g/mol. The molecule has 1 spiro atoms. The molecule has 2 aliphatic rings. The number of nitrogens with zero attached hydrogens (tertiary/aromatic N) is 1. The van der Waals surface area contributed by atoms with E-state index in [4.69, 9.17) is 5.41 Å². The number of likely N-dealkylation sites (N-methyl/N-ethyl adjacent to an activating group) is 1. The van der Waals surface area contributed by atoms with Crippen molar-refractivity contribution in [3.63, 3.8) is 0 Å². The van der Waals surface area contributed by atoms with Gasteiger partial charge in [-0.05, 0) is 25.7 Å². The van der Waals surface area contributed by atoms with Gasteiger partial charge in [0.1, 0.15) is 11.4 Å². The molecule has 0 aromatic heterocycles. The molecule has 0 bridgehead atoms. The molecule has 2 amide bonds. The number of rotatable bonds is 1. The van der Waals surface area contributed by atoms with Gasteiger partial charge in [-0.3, -0.25) is 10.7 Å². The average Bonchev–Trinajstić information content (AvgIpc) is 2.38. The molecular formula is C11H19N3O. The van der Waals surface area contributed by atoms with Gasteiger partial charge in [0.15, 0.2) is 0 Å². The molecule has 2 N–H and O–H groups in total. The first-order chi connectivity index (χ1) is 7.10. The van der Waals surface area contributed by atoms with Crippen molar-refractivity contribution < 1.29 is 4.79 Å². The summed E-state index contributed by atoms with van der Waals surface area (Å²) in [5.41, 5.74) is -0.302. The van der Waals surface area contributed by atoms with Crippen LogP contribution in [0.15, 0.2) is 0 Å². The summed E-state index contributed by atoms with van der Waals surface area (Å²) in [5.74, 6) is 1.03. The standard InChI is InChI=1S/C11H19N3O/c1-3-14-10(15)13-9(12)11(14)6-4-5-8(2)7-11/h8H,3-7H2,1-2H3,(H2,12,13,15). The molecule has 0 aromatic rings. The molecule has 1 saturated heterocycles. The van der Waals surface area contributed by atoms with Crippen LogP contribution >= 0.6 is 0 Å². The van der Waals surface area contributed by atoms with Crippen LogP contribution < -0.4 is 5.32 Å². The number of hydrogen-bond acceptors (Lipinski definition) is 2. The molecule has 1 aliphatic carbocycles. The van der Waals surface area contributed by atoms with E-state index in [-0.39, 0.29) is 11.6 Å². The van der Waals surface area contributed by atoms with E-state index in [2.05, 4.69) is 12.2 Å². The molecule has 2 rings (SSSR count). The fraction of sp³-hybridized carbons (Fsp3) is 0.818. The molecule has 4 heteroatoms. The monoisotopic (exact) mass is 209 g/mol. The topological polar surface area (TPSA) is 56.2 Å². The van der Waals surface area contributed by atoms with E-state index in [0.717, 1.165) is 19.3 Å². The summed E-state index contributed by atoms with van der Waals surface area (Å²) in [6, 6.07) is -0.0865. The normalized spacial score (nSPS) is 36.1. The van der Waals surface area contributed by atoms with E-state index in [1.807, 2.05) is 11.8 Å². The van der Waals surface area contributed by atoms with Crippen LogP contribution in [0.2, 0.25) is 0 Å². The second-order valence-corrected chi connectivity index (χ2v) is 4.78. The summed E-state index contributed by atoms with van der Waals surface area (Å²) >= 11 is 0. The molecule has 2 unspecified atom stereocenters. The molecule has 2 atom stereocenters. The minimum Gasteiger partial charge on any atom is -0.312 e. The zero-order chi connectivity index (χ0) is 11.1.